The van der Waals surface area contributed by atoms with Gasteiger partial charge in [-0.1, -0.05) is 39.0 Å². The van der Waals surface area contributed by atoms with Crippen LogP contribution in [0.3, 0.4) is 0 Å². The van der Waals surface area contributed by atoms with Crippen molar-refractivity contribution in [3.05, 3.63) is 35.9 Å². The molecule has 0 spiro atoms. The maximum atomic E-state index is 12.3. The summed E-state index contributed by atoms with van der Waals surface area (Å²) in [5.74, 6) is -0.436. The van der Waals surface area contributed by atoms with Crippen LogP contribution in [-0.4, -0.2) is 55.7 Å². The Morgan fingerprint density at radius 2 is 1.69 bits per heavy atom. The SMILES string of the molecule is CC(C)(C)[Si](C)(C)OC1CC(OC(=O)c2ccccc2)CN(C(=O)O)C1. The molecule has 2 atom stereocenters. The van der Waals surface area contributed by atoms with Gasteiger partial charge in [0.05, 0.1) is 18.2 Å². The molecule has 1 aliphatic rings. The van der Waals surface area contributed by atoms with Crippen LogP contribution in [0.1, 0.15) is 37.6 Å². The van der Waals surface area contributed by atoms with Crippen molar-refractivity contribution < 1.29 is 23.9 Å². The lowest BCUT2D eigenvalue weighted by atomic mass is 10.1. The van der Waals surface area contributed by atoms with Gasteiger partial charge in [0.25, 0.3) is 0 Å². The van der Waals surface area contributed by atoms with Crippen LogP contribution in [0.4, 0.5) is 4.79 Å². The summed E-state index contributed by atoms with van der Waals surface area (Å²) in [4.78, 5) is 25.1. The van der Waals surface area contributed by atoms with E-state index >= 15 is 0 Å². The molecule has 1 aromatic rings. The maximum absolute atomic E-state index is 12.3. The standard InChI is InChI=1S/C19H29NO5Si/c1-19(2,3)26(4,5)25-16-11-15(12-20(13-16)18(22)23)24-17(21)14-9-7-6-8-10-14/h6-10,15-16H,11-13H2,1-5H3,(H,22,23). The summed E-state index contributed by atoms with van der Waals surface area (Å²) >= 11 is 0. The first-order valence-corrected chi connectivity index (χ1v) is 11.8. The topological polar surface area (TPSA) is 76.1 Å². The van der Waals surface area contributed by atoms with E-state index in [1.54, 1.807) is 24.3 Å². The first kappa shape index (κ1) is 20.4. The Morgan fingerprint density at radius 1 is 1.12 bits per heavy atom. The Morgan fingerprint density at radius 3 is 2.23 bits per heavy atom. The molecular formula is C19H29NO5Si. The lowest BCUT2D eigenvalue weighted by Crippen LogP contribution is -2.54. The summed E-state index contributed by atoms with van der Waals surface area (Å²) in [5.41, 5.74) is 0.460. The minimum absolute atomic E-state index is 0.0225. The molecule has 1 aliphatic heterocycles. The van der Waals surface area contributed by atoms with Gasteiger partial charge in [-0.15, -0.1) is 0 Å². The first-order valence-electron chi connectivity index (χ1n) is 8.91. The molecule has 1 aromatic carbocycles. The Labute approximate surface area is 156 Å². The van der Waals surface area contributed by atoms with Crippen molar-refractivity contribution in [1.29, 1.82) is 0 Å². The van der Waals surface area contributed by atoms with E-state index in [1.165, 1.54) is 4.90 Å². The molecule has 0 radical (unpaired) electrons. The smallest absolute Gasteiger partial charge is 0.407 e. The largest absolute Gasteiger partial charge is 0.465 e. The molecule has 0 saturated carbocycles. The molecule has 0 bridgehead atoms. The van der Waals surface area contributed by atoms with Crippen molar-refractivity contribution in [1.82, 2.24) is 4.90 Å². The summed E-state index contributed by atoms with van der Waals surface area (Å²) < 4.78 is 12.0. The summed E-state index contributed by atoms with van der Waals surface area (Å²) in [5, 5.41) is 9.45. The maximum Gasteiger partial charge on any atom is 0.407 e. The predicted octanol–water partition coefficient (Wildman–Crippen LogP) is 3.99. The number of nitrogens with zero attached hydrogens (tertiary/aromatic N) is 1. The second-order valence-corrected chi connectivity index (χ2v) is 13.1. The van der Waals surface area contributed by atoms with Crippen molar-refractivity contribution in [2.45, 2.75) is 57.5 Å². The number of carbonyl (C=O) groups is 2. The molecule has 1 fully saturated rings. The minimum atomic E-state index is -2.05. The number of amides is 1. The molecule has 0 aromatic heterocycles. The molecule has 6 nitrogen and oxygen atoms in total. The van der Waals surface area contributed by atoms with Gasteiger partial charge >= 0.3 is 12.1 Å². The molecule has 1 N–H and O–H groups in total. The monoisotopic (exact) mass is 379 g/mol. The van der Waals surface area contributed by atoms with Crippen LogP contribution in [0, 0.1) is 0 Å². The lowest BCUT2D eigenvalue weighted by molar-refractivity contribution is -0.0220. The van der Waals surface area contributed by atoms with Gasteiger partial charge in [-0.2, -0.15) is 0 Å². The zero-order chi connectivity index (χ0) is 19.5. The number of esters is 1. The normalized spacial score (nSPS) is 21.3. The average molecular weight is 380 g/mol. The first-order chi connectivity index (χ1) is 12.0. The van der Waals surface area contributed by atoms with Gasteiger partial charge in [0.1, 0.15) is 6.10 Å². The van der Waals surface area contributed by atoms with Crippen molar-refractivity contribution in [3.8, 4) is 0 Å². The number of hydrogen-bond acceptors (Lipinski definition) is 4. The van der Waals surface area contributed by atoms with Gasteiger partial charge in [-0.25, -0.2) is 9.59 Å². The number of rotatable bonds is 4. The van der Waals surface area contributed by atoms with E-state index in [0.717, 1.165) is 0 Å². The minimum Gasteiger partial charge on any atom is -0.465 e. The second kappa shape index (κ2) is 7.80. The van der Waals surface area contributed by atoms with Crippen molar-refractivity contribution in [2.24, 2.45) is 0 Å². The number of ether oxygens (including phenoxy) is 1. The molecule has 1 amide bonds. The number of likely N-dealkylation sites (tertiary alicyclic amines) is 1. The second-order valence-electron chi connectivity index (χ2n) is 8.32. The van der Waals surface area contributed by atoms with Crippen molar-refractivity contribution in [2.75, 3.05) is 13.1 Å². The number of hydrogen-bond donors (Lipinski definition) is 1. The Bertz CT molecular complexity index is 641. The fraction of sp³-hybridized carbons (Fsp3) is 0.579. The Hall–Kier alpha value is -1.86. The third kappa shape index (κ3) is 5.08. The lowest BCUT2D eigenvalue weighted by Gasteiger charge is -2.43. The van der Waals surface area contributed by atoms with E-state index < -0.39 is 26.5 Å². The zero-order valence-corrected chi connectivity index (χ0v) is 17.2. The molecule has 7 heteroatoms. The highest BCUT2D eigenvalue weighted by Crippen LogP contribution is 2.38. The third-order valence-electron chi connectivity index (χ3n) is 5.20. The van der Waals surface area contributed by atoms with E-state index in [4.69, 9.17) is 9.16 Å². The highest BCUT2D eigenvalue weighted by molar-refractivity contribution is 6.74. The van der Waals surface area contributed by atoms with Crippen LogP contribution in [0.15, 0.2) is 30.3 Å². The molecular weight excluding hydrogens is 350 g/mol. The molecule has 144 valence electrons. The van der Waals surface area contributed by atoms with Crippen LogP contribution >= 0.6 is 0 Å². The van der Waals surface area contributed by atoms with Gasteiger partial charge in [-0.3, -0.25) is 0 Å². The average Bonchev–Trinajstić information content (AvgIpc) is 2.53. The van der Waals surface area contributed by atoms with E-state index in [2.05, 4.69) is 33.9 Å². The molecule has 1 saturated heterocycles. The molecule has 2 unspecified atom stereocenters. The molecule has 0 aliphatic carbocycles. The summed E-state index contributed by atoms with van der Waals surface area (Å²) in [6.07, 6.45) is -1.29. The molecule has 1 heterocycles. The number of benzene rings is 1. The van der Waals surface area contributed by atoms with Crippen molar-refractivity contribution in [3.63, 3.8) is 0 Å². The van der Waals surface area contributed by atoms with Crippen LogP contribution < -0.4 is 0 Å². The van der Waals surface area contributed by atoms with Crippen LogP contribution in [0.2, 0.25) is 18.1 Å². The number of carbonyl (C=O) groups excluding carboxylic acids is 1. The fourth-order valence-corrected chi connectivity index (χ4v) is 4.08. The highest BCUT2D eigenvalue weighted by Gasteiger charge is 2.42. The number of carboxylic acid groups (broad SMARTS) is 1. The third-order valence-corrected chi connectivity index (χ3v) is 9.73. The Kier molecular flexibility index (Phi) is 6.13. The zero-order valence-electron chi connectivity index (χ0n) is 16.2. The van der Waals surface area contributed by atoms with Crippen molar-refractivity contribution >= 4 is 20.4 Å². The van der Waals surface area contributed by atoms with Gasteiger partial charge in [-0.05, 0) is 30.3 Å². The summed E-state index contributed by atoms with van der Waals surface area (Å²) in [6, 6.07) is 8.73. The van der Waals surface area contributed by atoms with E-state index in [1.807, 2.05) is 6.07 Å². The van der Waals surface area contributed by atoms with E-state index in [-0.39, 0.29) is 17.7 Å². The van der Waals surface area contributed by atoms with Crippen LogP contribution in [0.5, 0.6) is 0 Å². The predicted molar refractivity (Wildman–Crippen MR) is 102 cm³/mol. The van der Waals surface area contributed by atoms with E-state index in [9.17, 15) is 14.7 Å². The Balaban J connectivity index is 2.09. The van der Waals surface area contributed by atoms with Gasteiger partial charge in [0, 0.05) is 13.0 Å². The highest BCUT2D eigenvalue weighted by atomic mass is 28.4. The van der Waals surface area contributed by atoms with E-state index in [0.29, 0.717) is 18.5 Å². The van der Waals surface area contributed by atoms with Gasteiger partial charge in [0.15, 0.2) is 8.32 Å². The summed E-state index contributed by atoms with van der Waals surface area (Å²) in [7, 11) is -2.05. The molecule has 2 rings (SSSR count). The number of piperidine rings is 1. The van der Waals surface area contributed by atoms with Gasteiger partial charge < -0.3 is 19.2 Å². The fourth-order valence-electron chi connectivity index (χ4n) is 2.72. The van der Waals surface area contributed by atoms with Crippen LogP contribution in [-0.2, 0) is 9.16 Å². The van der Waals surface area contributed by atoms with Gasteiger partial charge in [0.2, 0.25) is 0 Å². The quantitative estimate of drug-likeness (QED) is 0.632. The van der Waals surface area contributed by atoms with Crippen LogP contribution in [0.25, 0.3) is 0 Å². The summed E-state index contributed by atoms with van der Waals surface area (Å²) in [6.45, 7) is 11.2. The molecule has 26 heavy (non-hydrogen) atoms.